The monoisotopic (exact) mass is 463 g/mol. The fraction of sp³-hybridized carbons (Fsp3) is 0.167. The van der Waals surface area contributed by atoms with Crippen LogP contribution in [0.5, 0.6) is 17.2 Å². The van der Waals surface area contributed by atoms with Gasteiger partial charge >= 0.3 is 0 Å². The van der Waals surface area contributed by atoms with Gasteiger partial charge in [-0.2, -0.15) is 4.68 Å². The van der Waals surface area contributed by atoms with Gasteiger partial charge < -0.3 is 19.5 Å². The van der Waals surface area contributed by atoms with Crippen LogP contribution < -0.4 is 19.5 Å². The Labute approximate surface area is 195 Å². The second-order valence-corrected chi connectivity index (χ2v) is 7.24. The smallest absolute Gasteiger partial charge is 0.255 e. The molecule has 0 aliphatic heterocycles. The third-order valence-electron chi connectivity index (χ3n) is 5.01. The van der Waals surface area contributed by atoms with Crippen molar-refractivity contribution < 1.29 is 23.4 Å². The maximum Gasteiger partial charge on any atom is 0.255 e. The molecule has 0 unspecified atom stereocenters. The van der Waals surface area contributed by atoms with Crippen molar-refractivity contribution in [2.45, 2.75) is 13.5 Å². The van der Waals surface area contributed by atoms with Crippen molar-refractivity contribution in [3.63, 3.8) is 0 Å². The summed E-state index contributed by atoms with van der Waals surface area (Å²) in [6, 6.07) is 16.9. The highest BCUT2D eigenvalue weighted by molar-refractivity contribution is 6.05. The molecule has 0 aliphatic rings. The zero-order valence-corrected chi connectivity index (χ0v) is 18.8. The molecule has 0 fully saturated rings. The minimum atomic E-state index is -0.531. The number of aryl methyl sites for hydroxylation is 1. The summed E-state index contributed by atoms with van der Waals surface area (Å²) in [5.74, 6) is 0.481. The molecule has 10 heteroatoms. The summed E-state index contributed by atoms with van der Waals surface area (Å²) in [6.45, 7) is 1.94. The van der Waals surface area contributed by atoms with E-state index in [4.69, 9.17) is 14.2 Å². The number of carbonyl (C=O) groups is 1. The molecule has 174 valence electrons. The number of nitrogens with zero attached hydrogens (tertiary/aromatic N) is 4. The number of hydrogen-bond acceptors (Lipinski definition) is 7. The predicted molar refractivity (Wildman–Crippen MR) is 122 cm³/mol. The Balaban J connectivity index is 1.58. The number of tetrazole rings is 1. The number of halogens is 1. The Bertz CT molecular complexity index is 1280. The first kappa shape index (κ1) is 22.7. The maximum atomic E-state index is 14.3. The summed E-state index contributed by atoms with van der Waals surface area (Å²) in [4.78, 5) is 13.0. The highest BCUT2D eigenvalue weighted by Crippen LogP contribution is 2.39. The lowest BCUT2D eigenvalue weighted by Gasteiger charge is -2.16. The van der Waals surface area contributed by atoms with Crippen molar-refractivity contribution >= 4 is 11.6 Å². The van der Waals surface area contributed by atoms with E-state index < -0.39 is 11.7 Å². The molecule has 4 rings (SSSR count). The summed E-state index contributed by atoms with van der Waals surface area (Å²) >= 11 is 0. The minimum Gasteiger partial charge on any atom is -0.493 e. The minimum absolute atomic E-state index is 0.111. The second-order valence-electron chi connectivity index (χ2n) is 7.24. The van der Waals surface area contributed by atoms with Crippen LogP contribution in [0.3, 0.4) is 0 Å². The fourth-order valence-electron chi connectivity index (χ4n) is 3.29. The topological polar surface area (TPSA) is 100 Å². The molecule has 0 atom stereocenters. The number of ether oxygens (including phenoxy) is 3. The lowest BCUT2D eigenvalue weighted by molar-refractivity contribution is 0.102. The van der Waals surface area contributed by atoms with E-state index >= 15 is 0 Å². The molecule has 0 aliphatic carbocycles. The standard InChI is InChI=1S/C24H22FN5O4/c1-15-27-28-29-30(15)20-13-18(9-10-19(20)25)26-24(31)17-11-21(32-2)23(22(12-17)33-3)34-14-16-7-5-4-6-8-16/h4-13H,14H2,1-3H3,(H,26,31). The molecule has 1 amide bonds. The zero-order valence-electron chi connectivity index (χ0n) is 18.8. The van der Waals surface area contributed by atoms with Crippen LogP contribution in [0.4, 0.5) is 10.1 Å². The summed E-state index contributed by atoms with van der Waals surface area (Å²) in [7, 11) is 2.96. The number of carbonyl (C=O) groups excluding carboxylic acids is 1. The molecule has 0 saturated carbocycles. The van der Waals surface area contributed by atoms with Crippen LogP contribution in [0.15, 0.2) is 60.7 Å². The largest absolute Gasteiger partial charge is 0.493 e. The second kappa shape index (κ2) is 9.99. The highest BCUT2D eigenvalue weighted by atomic mass is 19.1. The number of methoxy groups -OCH3 is 2. The van der Waals surface area contributed by atoms with Gasteiger partial charge in [-0.25, -0.2) is 4.39 Å². The SMILES string of the molecule is COc1cc(C(=O)Nc2ccc(F)c(-n3nnnc3C)c2)cc(OC)c1OCc1ccccc1. The van der Waals surface area contributed by atoms with Crippen molar-refractivity contribution in [1.29, 1.82) is 0 Å². The van der Waals surface area contributed by atoms with Crippen molar-refractivity contribution in [2.24, 2.45) is 0 Å². The molecule has 4 aromatic rings. The van der Waals surface area contributed by atoms with E-state index in [0.717, 1.165) is 5.56 Å². The van der Waals surface area contributed by atoms with Crippen LogP contribution in [0.25, 0.3) is 5.69 Å². The fourth-order valence-corrected chi connectivity index (χ4v) is 3.29. The third-order valence-corrected chi connectivity index (χ3v) is 5.01. The van der Waals surface area contributed by atoms with E-state index in [2.05, 4.69) is 20.8 Å². The Morgan fingerprint density at radius 3 is 2.35 bits per heavy atom. The lowest BCUT2D eigenvalue weighted by Crippen LogP contribution is -2.13. The van der Waals surface area contributed by atoms with Crippen LogP contribution in [0.1, 0.15) is 21.7 Å². The average molecular weight is 463 g/mol. The normalized spacial score (nSPS) is 10.6. The molecule has 3 aromatic carbocycles. The van der Waals surface area contributed by atoms with Gasteiger partial charge in [0.25, 0.3) is 5.91 Å². The first-order valence-electron chi connectivity index (χ1n) is 10.3. The van der Waals surface area contributed by atoms with Crippen molar-refractivity contribution in [1.82, 2.24) is 20.2 Å². The van der Waals surface area contributed by atoms with Crippen molar-refractivity contribution in [3.8, 4) is 22.9 Å². The molecule has 0 bridgehead atoms. The Morgan fingerprint density at radius 2 is 1.74 bits per heavy atom. The molecule has 1 heterocycles. The zero-order chi connectivity index (χ0) is 24.1. The van der Waals surface area contributed by atoms with Crippen molar-refractivity contribution in [3.05, 3.63) is 83.4 Å². The molecular formula is C24H22FN5O4. The maximum absolute atomic E-state index is 14.3. The molecule has 0 spiro atoms. The van der Waals surface area contributed by atoms with Gasteiger partial charge in [0.2, 0.25) is 5.75 Å². The van der Waals surface area contributed by atoms with Crippen molar-refractivity contribution in [2.75, 3.05) is 19.5 Å². The first-order valence-corrected chi connectivity index (χ1v) is 10.3. The van der Waals surface area contributed by atoms with Gasteiger partial charge in [0, 0.05) is 11.3 Å². The summed E-state index contributed by atoms with van der Waals surface area (Å²) < 4.78 is 32.4. The number of amides is 1. The quantitative estimate of drug-likeness (QED) is 0.422. The summed E-state index contributed by atoms with van der Waals surface area (Å²) in [5.41, 5.74) is 1.71. The van der Waals surface area contributed by atoms with Crippen LogP contribution >= 0.6 is 0 Å². The number of hydrogen-bond donors (Lipinski definition) is 1. The van der Waals surface area contributed by atoms with Crippen LogP contribution in [0, 0.1) is 12.7 Å². The van der Waals surface area contributed by atoms with Gasteiger partial charge in [0.1, 0.15) is 18.1 Å². The molecular weight excluding hydrogens is 441 g/mol. The van der Waals surface area contributed by atoms with Crippen LogP contribution in [-0.2, 0) is 6.61 Å². The third kappa shape index (κ3) is 4.80. The summed E-state index contributed by atoms with van der Waals surface area (Å²) in [6.07, 6.45) is 0. The Hall–Kier alpha value is -4.47. The van der Waals surface area contributed by atoms with Gasteiger partial charge in [-0.1, -0.05) is 30.3 Å². The molecule has 0 radical (unpaired) electrons. The van der Waals surface area contributed by atoms with E-state index in [1.165, 1.54) is 37.1 Å². The molecule has 9 nitrogen and oxygen atoms in total. The number of benzene rings is 3. The average Bonchev–Trinajstić information content (AvgIpc) is 3.29. The van der Waals surface area contributed by atoms with E-state index in [0.29, 0.717) is 35.4 Å². The molecule has 1 N–H and O–H groups in total. The van der Waals surface area contributed by atoms with Gasteiger partial charge in [-0.3, -0.25) is 4.79 Å². The Morgan fingerprint density at radius 1 is 1.03 bits per heavy atom. The summed E-state index contributed by atoms with van der Waals surface area (Å²) in [5, 5.41) is 13.8. The van der Waals surface area contributed by atoms with Gasteiger partial charge in [0.05, 0.1) is 14.2 Å². The first-order chi connectivity index (χ1) is 16.5. The number of aromatic nitrogens is 4. The lowest BCUT2D eigenvalue weighted by atomic mass is 10.1. The number of nitrogens with one attached hydrogen (secondary N) is 1. The molecule has 0 saturated heterocycles. The number of rotatable bonds is 8. The van der Waals surface area contributed by atoms with Crippen LogP contribution in [-0.4, -0.2) is 40.3 Å². The van der Waals surface area contributed by atoms with E-state index in [-0.39, 0.29) is 11.3 Å². The number of anilines is 1. The van der Waals surface area contributed by atoms with Gasteiger partial charge in [0.15, 0.2) is 17.3 Å². The van der Waals surface area contributed by atoms with E-state index in [1.807, 2.05) is 30.3 Å². The van der Waals surface area contributed by atoms with Gasteiger partial charge in [-0.05, 0) is 53.2 Å². The Kier molecular flexibility index (Phi) is 6.67. The van der Waals surface area contributed by atoms with E-state index in [9.17, 15) is 9.18 Å². The predicted octanol–water partition coefficient (Wildman–Crippen LogP) is 3.96. The van der Waals surface area contributed by atoms with Crippen LogP contribution in [0.2, 0.25) is 0 Å². The molecule has 34 heavy (non-hydrogen) atoms. The van der Waals surface area contributed by atoms with E-state index in [1.54, 1.807) is 19.1 Å². The molecule has 1 aromatic heterocycles. The van der Waals surface area contributed by atoms with Gasteiger partial charge in [-0.15, -0.1) is 5.10 Å². The highest BCUT2D eigenvalue weighted by Gasteiger charge is 2.19.